The second-order valence-corrected chi connectivity index (χ2v) is 7.49. The summed E-state index contributed by atoms with van der Waals surface area (Å²) in [6, 6.07) is 17.0. The summed E-state index contributed by atoms with van der Waals surface area (Å²) in [6.45, 7) is -0.100. The van der Waals surface area contributed by atoms with Gasteiger partial charge in [0.2, 0.25) is 0 Å². The van der Waals surface area contributed by atoms with Gasteiger partial charge in [0.15, 0.2) is 6.61 Å². The van der Waals surface area contributed by atoms with E-state index in [2.05, 4.69) is 16.7 Å². The van der Waals surface area contributed by atoms with Crippen molar-refractivity contribution in [3.05, 3.63) is 71.8 Å². The first-order chi connectivity index (χ1) is 15.1. The van der Waals surface area contributed by atoms with Crippen molar-refractivity contribution in [1.29, 1.82) is 0 Å². The standard InChI is InChI=1S/C25H28N2O4/c28-23(26-16-15-19-7-3-1-4-8-19)18-31-24(29)17-27-25(30)22-13-11-21(12-14-22)20-9-5-2-6-10-20/h2,5-7,9-14H,1,3-4,8,15-18H2,(H,26,28)(H,27,30). The Bertz CT molecular complexity index is 920. The molecule has 2 aromatic rings. The van der Waals surface area contributed by atoms with E-state index in [4.69, 9.17) is 4.74 Å². The number of ether oxygens (including phenoxy) is 1. The Morgan fingerprint density at radius 2 is 1.61 bits per heavy atom. The summed E-state index contributed by atoms with van der Waals surface area (Å²) < 4.78 is 4.93. The summed E-state index contributed by atoms with van der Waals surface area (Å²) in [5.74, 6) is -1.37. The molecule has 0 aromatic heterocycles. The highest BCUT2D eigenvalue weighted by molar-refractivity contribution is 5.96. The molecule has 1 aliphatic rings. The number of allylic oxidation sites excluding steroid dienone is 1. The number of carbonyl (C=O) groups is 3. The van der Waals surface area contributed by atoms with Crippen molar-refractivity contribution in [1.82, 2.24) is 10.6 Å². The SMILES string of the molecule is O=C(COC(=O)CNC(=O)c1ccc(-c2ccccc2)cc1)NCCC1=CCCCC1. The van der Waals surface area contributed by atoms with Crippen LogP contribution in [0.4, 0.5) is 0 Å². The minimum atomic E-state index is -0.653. The fraction of sp³-hybridized carbons (Fsp3) is 0.320. The van der Waals surface area contributed by atoms with Crippen LogP contribution in [0.2, 0.25) is 0 Å². The first-order valence-electron chi connectivity index (χ1n) is 10.7. The third-order valence-corrected chi connectivity index (χ3v) is 5.17. The molecule has 2 amide bonds. The largest absolute Gasteiger partial charge is 0.454 e. The van der Waals surface area contributed by atoms with Crippen molar-refractivity contribution in [2.24, 2.45) is 0 Å². The van der Waals surface area contributed by atoms with Crippen molar-refractivity contribution in [3.63, 3.8) is 0 Å². The van der Waals surface area contributed by atoms with Gasteiger partial charge < -0.3 is 15.4 Å². The quantitative estimate of drug-likeness (QED) is 0.479. The summed E-state index contributed by atoms with van der Waals surface area (Å²) in [4.78, 5) is 35.8. The number of hydrogen-bond acceptors (Lipinski definition) is 4. The highest BCUT2D eigenvalue weighted by atomic mass is 16.5. The molecule has 162 valence electrons. The summed E-state index contributed by atoms with van der Waals surface area (Å²) in [5.41, 5.74) is 3.89. The van der Waals surface area contributed by atoms with Crippen LogP contribution in [0.3, 0.4) is 0 Å². The van der Waals surface area contributed by atoms with Crippen molar-refractivity contribution in [2.45, 2.75) is 32.1 Å². The van der Waals surface area contributed by atoms with Gasteiger partial charge in [0.05, 0.1) is 0 Å². The van der Waals surface area contributed by atoms with Crippen LogP contribution < -0.4 is 10.6 Å². The minimum Gasteiger partial charge on any atom is -0.454 e. The minimum absolute atomic E-state index is 0.292. The van der Waals surface area contributed by atoms with Crippen LogP contribution in [0.15, 0.2) is 66.2 Å². The third kappa shape index (κ3) is 7.41. The molecule has 0 radical (unpaired) electrons. The van der Waals surface area contributed by atoms with E-state index in [1.807, 2.05) is 42.5 Å². The Labute approximate surface area is 182 Å². The zero-order valence-corrected chi connectivity index (χ0v) is 17.6. The molecule has 0 saturated carbocycles. The van der Waals surface area contributed by atoms with Gasteiger partial charge >= 0.3 is 5.97 Å². The number of amides is 2. The molecule has 1 aliphatic carbocycles. The van der Waals surface area contributed by atoms with Crippen LogP contribution >= 0.6 is 0 Å². The maximum Gasteiger partial charge on any atom is 0.325 e. The molecule has 0 saturated heterocycles. The Balaban J connectivity index is 1.33. The molecule has 6 heteroatoms. The van der Waals surface area contributed by atoms with E-state index in [0.29, 0.717) is 12.1 Å². The number of hydrogen-bond donors (Lipinski definition) is 2. The Morgan fingerprint density at radius 1 is 0.871 bits per heavy atom. The molecular weight excluding hydrogens is 392 g/mol. The predicted molar refractivity (Wildman–Crippen MR) is 119 cm³/mol. The molecule has 2 aromatic carbocycles. The van der Waals surface area contributed by atoms with Crippen LogP contribution in [0, 0.1) is 0 Å². The van der Waals surface area contributed by atoms with Crippen molar-refractivity contribution < 1.29 is 19.1 Å². The Hall–Kier alpha value is -3.41. The molecule has 31 heavy (non-hydrogen) atoms. The number of benzene rings is 2. The van der Waals surface area contributed by atoms with Crippen LogP contribution in [0.1, 0.15) is 42.5 Å². The average molecular weight is 421 g/mol. The Kier molecular flexibility index (Phi) is 8.40. The van der Waals surface area contributed by atoms with Gasteiger partial charge in [-0.2, -0.15) is 0 Å². The molecule has 0 aliphatic heterocycles. The lowest BCUT2D eigenvalue weighted by atomic mass is 9.97. The van der Waals surface area contributed by atoms with Gasteiger partial charge in [-0.15, -0.1) is 0 Å². The van der Waals surface area contributed by atoms with Crippen LogP contribution in [-0.2, 0) is 14.3 Å². The van der Waals surface area contributed by atoms with E-state index < -0.39 is 5.97 Å². The highest BCUT2D eigenvalue weighted by Crippen LogP contribution is 2.20. The van der Waals surface area contributed by atoms with E-state index in [-0.39, 0.29) is 25.0 Å². The van der Waals surface area contributed by atoms with Gasteiger partial charge in [0.25, 0.3) is 11.8 Å². The molecule has 0 fully saturated rings. The highest BCUT2D eigenvalue weighted by Gasteiger charge is 2.11. The van der Waals surface area contributed by atoms with E-state index in [1.165, 1.54) is 18.4 Å². The lowest BCUT2D eigenvalue weighted by Crippen LogP contribution is -2.34. The molecule has 0 unspecified atom stereocenters. The summed E-state index contributed by atoms with van der Waals surface area (Å²) >= 11 is 0. The van der Waals surface area contributed by atoms with Gasteiger partial charge in [0.1, 0.15) is 6.54 Å². The zero-order chi connectivity index (χ0) is 21.9. The summed E-state index contributed by atoms with van der Waals surface area (Å²) in [6.07, 6.45) is 7.73. The van der Waals surface area contributed by atoms with Crippen LogP contribution in [0.25, 0.3) is 11.1 Å². The molecular formula is C25H28N2O4. The number of rotatable bonds is 9. The third-order valence-electron chi connectivity index (χ3n) is 5.17. The lowest BCUT2D eigenvalue weighted by Gasteiger charge is -2.13. The zero-order valence-electron chi connectivity index (χ0n) is 17.6. The monoisotopic (exact) mass is 420 g/mol. The second kappa shape index (κ2) is 11.7. The fourth-order valence-electron chi connectivity index (χ4n) is 3.44. The molecule has 6 nitrogen and oxygen atoms in total. The maximum atomic E-state index is 12.2. The van der Waals surface area contributed by atoms with Gasteiger partial charge in [-0.3, -0.25) is 14.4 Å². The van der Waals surface area contributed by atoms with E-state index >= 15 is 0 Å². The maximum absolute atomic E-state index is 12.2. The van der Waals surface area contributed by atoms with Gasteiger partial charge in [-0.05, 0) is 55.4 Å². The van der Waals surface area contributed by atoms with Gasteiger partial charge in [-0.1, -0.05) is 54.1 Å². The molecule has 0 atom stereocenters. The van der Waals surface area contributed by atoms with E-state index in [0.717, 1.165) is 30.4 Å². The molecule has 2 N–H and O–H groups in total. The van der Waals surface area contributed by atoms with Crippen molar-refractivity contribution in [3.8, 4) is 11.1 Å². The van der Waals surface area contributed by atoms with Crippen molar-refractivity contribution in [2.75, 3.05) is 19.7 Å². The average Bonchev–Trinajstić information content (AvgIpc) is 2.82. The van der Waals surface area contributed by atoms with Crippen molar-refractivity contribution >= 4 is 17.8 Å². The van der Waals surface area contributed by atoms with Crippen LogP contribution in [0.5, 0.6) is 0 Å². The van der Waals surface area contributed by atoms with Crippen LogP contribution in [-0.4, -0.2) is 37.5 Å². The molecule has 0 bridgehead atoms. The van der Waals surface area contributed by atoms with E-state index in [1.54, 1.807) is 12.1 Å². The summed E-state index contributed by atoms with van der Waals surface area (Å²) in [7, 11) is 0. The molecule has 0 heterocycles. The summed E-state index contributed by atoms with van der Waals surface area (Å²) in [5, 5.41) is 5.27. The molecule has 0 spiro atoms. The predicted octanol–water partition coefficient (Wildman–Crippen LogP) is 3.63. The first kappa shape index (κ1) is 22.3. The molecule has 3 rings (SSSR count). The smallest absolute Gasteiger partial charge is 0.325 e. The topological polar surface area (TPSA) is 84.5 Å². The lowest BCUT2D eigenvalue weighted by molar-refractivity contribution is -0.147. The normalized spacial score (nSPS) is 13.1. The van der Waals surface area contributed by atoms with E-state index in [9.17, 15) is 14.4 Å². The second-order valence-electron chi connectivity index (χ2n) is 7.49. The first-order valence-corrected chi connectivity index (χ1v) is 10.7. The Morgan fingerprint density at radius 3 is 2.32 bits per heavy atom. The number of esters is 1. The number of nitrogens with one attached hydrogen (secondary N) is 2. The fourth-order valence-corrected chi connectivity index (χ4v) is 3.44. The van der Waals surface area contributed by atoms with Gasteiger partial charge in [-0.25, -0.2) is 0 Å². The van der Waals surface area contributed by atoms with Gasteiger partial charge in [0, 0.05) is 12.1 Å². The number of carbonyl (C=O) groups excluding carboxylic acids is 3.